The van der Waals surface area contributed by atoms with Crippen molar-refractivity contribution in [3.63, 3.8) is 0 Å². The molecule has 0 radical (unpaired) electrons. The molecule has 0 aliphatic heterocycles. The van der Waals surface area contributed by atoms with Crippen LogP contribution in [0.1, 0.15) is 43.2 Å². The molecule has 0 amide bonds. The summed E-state index contributed by atoms with van der Waals surface area (Å²) >= 11 is 1.80. The second-order valence-electron chi connectivity index (χ2n) is 4.48. The molecule has 2 aliphatic rings. The van der Waals surface area contributed by atoms with Crippen LogP contribution in [-0.2, 0) is 0 Å². The van der Waals surface area contributed by atoms with E-state index in [2.05, 4.69) is 15.7 Å². The maximum atomic E-state index is 4.45. The molecule has 3 rings (SSSR count). The Balaban J connectivity index is 1.69. The Kier molecular flexibility index (Phi) is 2.30. The van der Waals surface area contributed by atoms with Crippen LogP contribution in [0.2, 0.25) is 0 Å². The molecule has 0 spiro atoms. The van der Waals surface area contributed by atoms with E-state index in [1.54, 1.807) is 11.3 Å². The molecule has 2 nitrogen and oxygen atoms in total. The second-order valence-corrected chi connectivity index (χ2v) is 5.41. The number of rotatable bonds is 4. The minimum atomic E-state index is 0.570. The van der Waals surface area contributed by atoms with Crippen LogP contribution in [0, 0.1) is 5.92 Å². The van der Waals surface area contributed by atoms with Gasteiger partial charge < -0.3 is 5.32 Å². The van der Waals surface area contributed by atoms with Gasteiger partial charge in [0.05, 0.1) is 6.04 Å². The molecule has 1 N–H and O–H groups in total. The Morgan fingerprint density at radius 1 is 1.36 bits per heavy atom. The average molecular weight is 208 g/mol. The van der Waals surface area contributed by atoms with Gasteiger partial charge in [0.1, 0.15) is 5.01 Å². The van der Waals surface area contributed by atoms with Gasteiger partial charge in [-0.3, -0.25) is 0 Å². The van der Waals surface area contributed by atoms with Gasteiger partial charge in [-0.15, -0.1) is 11.3 Å². The van der Waals surface area contributed by atoms with E-state index in [4.69, 9.17) is 0 Å². The van der Waals surface area contributed by atoms with Crippen molar-refractivity contribution in [2.45, 2.75) is 44.2 Å². The highest BCUT2D eigenvalue weighted by Gasteiger charge is 2.35. The summed E-state index contributed by atoms with van der Waals surface area (Å²) < 4.78 is 0. The summed E-state index contributed by atoms with van der Waals surface area (Å²) in [5.41, 5.74) is 0. The van der Waals surface area contributed by atoms with E-state index in [-0.39, 0.29) is 0 Å². The van der Waals surface area contributed by atoms with Gasteiger partial charge in [-0.25, -0.2) is 4.98 Å². The highest BCUT2D eigenvalue weighted by molar-refractivity contribution is 7.09. The molecule has 0 bridgehead atoms. The summed E-state index contributed by atoms with van der Waals surface area (Å²) in [6, 6.07) is 1.35. The van der Waals surface area contributed by atoms with Crippen LogP contribution in [-0.4, -0.2) is 11.0 Å². The number of hydrogen-bond acceptors (Lipinski definition) is 3. The molecule has 1 heterocycles. The minimum Gasteiger partial charge on any atom is -0.305 e. The molecule has 1 aromatic heterocycles. The number of thiazole rings is 1. The maximum absolute atomic E-state index is 4.45. The topological polar surface area (TPSA) is 24.9 Å². The fourth-order valence-electron chi connectivity index (χ4n) is 2.06. The first-order valence-corrected chi connectivity index (χ1v) is 6.47. The van der Waals surface area contributed by atoms with Crippen molar-refractivity contribution in [3.05, 3.63) is 16.6 Å². The van der Waals surface area contributed by atoms with Crippen molar-refractivity contribution in [1.29, 1.82) is 0 Å². The lowest BCUT2D eigenvalue weighted by Crippen LogP contribution is -2.38. The van der Waals surface area contributed by atoms with Crippen molar-refractivity contribution in [3.8, 4) is 0 Å². The molecule has 1 atom stereocenters. The van der Waals surface area contributed by atoms with E-state index < -0.39 is 0 Å². The Hall–Kier alpha value is -0.410. The first kappa shape index (κ1) is 8.86. The van der Waals surface area contributed by atoms with E-state index in [1.165, 1.54) is 37.1 Å². The summed E-state index contributed by atoms with van der Waals surface area (Å²) in [7, 11) is 0. The first-order valence-electron chi connectivity index (χ1n) is 5.59. The molecule has 2 fully saturated rings. The Labute approximate surface area is 88.7 Å². The molecule has 2 saturated carbocycles. The molecule has 1 aromatic rings. The molecular formula is C11H16N2S. The van der Waals surface area contributed by atoms with E-state index >= 15 is 0 Å². The highest BCUT2D eigenvalue weighted by Crippen LogP contribution is 2.42. The fourth-order valence-corrected chi connectivity index (χ4v) is 2.85. The summed E-state index contributed by atoms with van der Waals surface area (Å²) in [5, 5.41) is 7.16. The van der Waals surface area contributed by atoms with Crippen molar-refractivity contribution >= 4 is 11.3 Å². The van der Waals surface area contributed by atoms with E-state index in [9.17, 15) is 0 Å². The molecule has 76 valence electrons. The summed E-state index contributed by atoms with van der Waals surface area (Å²) in [4.78, 5) is 4.45. The molecule has 2 aliphatic carbocycles. The number of aromatic nitrogens is 1. The van der Waals surface area contributed by atoms with Gasteiger partial charge in [0.15, 0.2) is 0 Å². The van der Waals surface area contributed by atoms with Gasteiger partial charge in [0.25, 0.3) is 0 Å². The molecule has 14 heavy (non-hydrogen) atoms. The van der Waals surface area contributed by atoms with Crippen LogP contribution in [0.25, 0.3) is 0 Å². The highest BCUT2D eigenvalue weighted by atomic mass is 32.1. The van der Waals surface area contributed by atoms with E-state index in [1.807, 2.05) is 6.20 Å². The summed E-state index contributed by atoms with van der Waals surface area (Å²) in [5.74, 6) is 0.877. The van der Waals surface area contributed by atoms with Crippen LogP contribution >= 0.6 is 11.3 Å². The SMILES string of the molecule is c1csc(C(NC2CCC2)C2CC2)n1. The van der Waals surface area contributed by atoms with Gasteiger partial charge in [-0.2, -0.15) is 0 Å². The Morgan fingerprint density at radius 2 is 2.21 bits per heavy atom. The summed E-state index contributed by atoms with van der Waals surface area (Å²) in [6.45, 7) is 0. The zero-order chi connectivity index (χ0) is 9.38. The average Bonchev–Trinajstić information content (AvgIpc) is 2.79. The maximum Gasteiger partial charge on any atom is 0.110 e. The lowest BCUT2D eigenvalue weighted by Gasteiger charge is -2.30. The zero-order valence-electron chi connectivity index (χ0n) is 8.28. The summed E-state index contributed by atoms with van der Waals surface area (Å²) in [6.07, 6.45) is 8.86. The third kappa shape index (κ3) is 1.71. The monoisotopic (exact) mass is 208 g/mol. The Bertz CT molecular complexity index is 288. The molecular weight excluding hydrogens is 192 g/mol. The van der Waals surface area contributed by atoms with Crippen LogP contribution < -0.4 is 5.32 Å². The molecule has 0 saturated heterocycles. The van der Waals surface area contributed by atoms with Gasteiger partial charge in [0, 0.05) is 17.6 Å². The molecule has 3 heteroatoms. The largest absolute Gasteiger partial charge is 0.305 e. The molecule has 0 aromatic carbocycles. The number of nitrogens with one attached hydrogen (secondary N) is 1. The van der Waals surface area contributed by atoms with Crippen molar-refractivity contribution in [2.24, 2.45) is 5.92 Å². The number of nitrogens with zero attached hydrogens (tertiary/aromatic N) is 1. The zero-order valence-corrected chi connectivity index (χ0v) is 9.09. The van der Waals surface area contributed by atoms with Gasteiger partial charge in [-0.05, 0) is 31.6 Å². The minimum absolute atomic E-state index is 0.570. The van der Waals surface area contributed by atoms with Gasteiger partial charge >= 0.3 is 0 Å². The number of hydrogen-bond donors (Lipinski definition) is 1. The quantitative estimate of drug-likeness (QED) is 0.823. The predicted octanol–water partition coefficient (Wildman–Crippen LogP) is 2.74. The second kappa shape index (κ2) is 3.63. The smallest absolute Gasteiger partial charge is 0.110 e. The van der Waals surface area contributed by atoms with Crippen molar-refractivity contribution < 1.29 is 0 Å². The van der Waals surface area contributed by atoms with E-state index in [0.29, 0.717) is 6.04 Å². The van der Waals surface area contributed by atoms with Crippen LogP contribution in [0.15, 0.2) is 11.6 Å². The first-order chi connectivity index (χ1) is 6.93. The third-order valence-corrected chi connectivity index (χ3v) is 4.19. The normalized spacial score (nSPS) is 24.6. The standard InChI is InChI=1S/C11H16N2S/c1-2-9(3-1)13-10(8-4-5-8)11-12-6-7-14-11/h6-10,13H,1-5H2. The van der Waals surface area contributed by atoms with Crippen molar-refractivity contribution in [1.82, 2.24) is 10.3 Å². The fraction of sp³-hybridized carbons (Fsp3) is 0.727. The lowest BCUT2D eigenvalue weighted by atomic mass is 9.92. The Morgan fingerprint density at radius 3 is 2.71 bits per heavy atom. The molecule has 1 unspecified atom stereocenters. The van der Waals surface area contributed by atoms with Crippen LogP contribution in [0.3, 0.4) is 0 Å². The third-order valence-electron chi connectivity index (χ3n) is 3.33. The van der Waals surface area contributed by atoms with Gasteiger partial charge in [0.2, 0.25) is 0 Å². The predicted molar refractivity (Wildman–Crippen MR) is 58.4 cm³/mol. The van der Waals surface area contributed by atoms with E-state index in [0.717, 1.165) is 12.0 Å². The van der Waals surface area contributed by atoms with Gasteiger partial charge in [-0.1, -0.05) is 6.42 Å². The van der Waals surface area contributed by atoms with Crippen LogP contribution in [0.4, 0.5) is 0 Å². The lowest BCUT2D eigenvalue weighted by molar-refractivity contribution is 0.291. The van der Waals surface area contributed by atoms with Crippen LogP contribution in [0.5, 0.6) is 0 Å². The van der Waals surface area contributed by atoms with Crippen molar-refractivity contribution in [2.75, 3.05) is 0 Å².